The standard InChI is InChI=1S/C25H22N4O2/c1-17-10-12-18(13-11-17)16-22(20-8-2-3-14-26-20)29-25(31)24(30)28-21-9-4-6-19-7-5-15-27-23(19)21/h2-15,22H,16H2,1H3,(H,28,30)(H,29,31)/t22-/m1/s1. The van der Waals surface area contributed by atoms with Gasteiger partial charge in [-0.2, -0.15) is 0 Å². The second-order valence-corrected chi connectivity index (χ2v) is 7.31. The predicted octanol–water partition coefficient (Wildman–Crippen LogP) is 3.98. The molecule has 2 N–H and O–H groups in total. The fourth-order valence-corrected chi connectivity index (χ4v) is 3.38. The molecule has 2 aromatic heterocycles. The molecule has 2 amide bonds. The average Bonchev–Trinajstić information content (AvgIpc) is 2.81. The van der Waals surface area contributed by atoms with Crippen LogP contribution in [0, 0.1) is 6.92 Å². The Kier molecular flexibility index (Phi) is 5.98. The summed E-state index contributed by atoms with van der Waals surface area (Å²) in [5.74, 6) is -1.47. The monoisotopic (exact) mass is 410 g/mol. The van der Waals surface area contributed by atoms with Crippen LogP contribution < -0.4 is 10.6 Å². The van der Waals surface area contributed by atoms with Gasteiger partial charge in [0.05, 0.1) is 22.9 Å². The number of amides is 2. The lowest BCUT2D eigenvalue weighted by atomic mass is 10.0. The van der Waals surface area contributed by atoms with E-state index in [4.69, 9.17) is 0 Å². The van der Waals surface area contributed by atoms with Crippen LogP contribution in [0.3, 0.4) is 0 Å². The molecule has 1 atom stereocenters. The number of hydrogen-bond donors (Lipinski definition) is 2. The van der Waals surface area contributed by atoms with Gasteiger partial charge in [-0.05, 0) is 43.2 Å². The van der Waals surface area contributed by atoms with Gasteiger partial charge < -0.3 is 10.6 Å². The summed E-state index contributed by atoms with van der Waals surface area (Å²) in [6.45, 7) is 2.02. The minimum Gasteiger partial charge on any atom is -0.339 e. The molecule has 6 nitrogen and oxygen atoms in total. The molecule has 4 rings (SSSR count). The van der Waals surface area contributed by atoms with Crippen LogP contribution in [-0.2, 0) is 16.0 Å². The fraction of sp³-hybridized carbons (Fsp3) is 0.120. The number of fused-ring (bicyclic) bond motifs is 1. The van der Waals surface area contributed by atoms with Crippen LogP contribution in [-0.4, -0.2) is 21.8 Å². The van der Waals surface area contributed by atoms with Crippen molar-refractivity contribution in [3.05, 3.63) is 102 Å². The number of benzene rings is 2. The molecule has 6 heteroatoms. The zero-order valence-electron chi connectivity index (χ0n) is 17.1. The van der Waals surface area contributed by atoms with Crippen molar-refractivity contribution in [1.82, 2.24) is 15.3 Å². The zero-order valence-corrected chi connectivity index (χ0v) is 17.1. The van der Waals surface area contributed by atoms with E-state index in [9.17, 15) is 9.59 Å². The molecule has 4 aromatic rings. The Morgan fingerprint density at radius 1 is 0.839 bits per heavy atom. The maximum absolute atomic E-state index is 12.7. The third kappa shape index (κ3) is 4.93. The minimum absolute atomic E-state index is 0.437. The van der Waals surface area contributed by atoms with Crippen molar-refractivity contribution in [2.75, 3.05) is 5.32 Å². The lowest BCUT2D eigenvalue weighted by Gasteiger charge is -2.18. The highest BCUT2D eigenvalue weighted by atomic mass is 16.2. The van der Waals surface area contributed by atoms with Gasteiger partial charge in [0.1, 0.15) is 0 Å². The molecule has 154 valence electrons. The summed E-state index contributed by atoms with van der Waals surface area (Å²) in [7, 11) is 0. The summed E-state index contributed by atoms with van der Waals surface area (Å²) >= 11 is 0. The molecule has 2 aromatic carbocycles. The van der Waals surface area contributed by atoms with Crippen molar-refractivity contribution in [2.45, 2.75) is 19.4 Å². The van der Waals surface area contributed by atoms with Crippen LogP contribution >= 0.6 is 0 Å². The van der Waals surface area contributed by atoms with Gasteiger partial charge in [0.25, 0.3) is 0 Å². The predicted molar refractivity (Wildman–Crippen MR) is 120 cm³/mol. The van der Waals surface area contributed by atoms with Gasteiger partial charge in [-0.1, -0.05) is 54.1 Å². The second-order valence-electron chi connectivity index (χ2n) is 7.31. The summed E-state index contributed by atoms with van der Waals surface area (Å²) < 4.78 is 0. The molecule has 0 spiro atoms. The normalized spacial score (nSPS) is 11.6. The molecular formula is C25H22N4O2. The van der Waals surface area contributed by atoms with E-state index in [0.717, 1.165) is 16.5 Å². The lowest BCUT2D eigenvalue weighted by molar-refractivity contribution is -0.136. The quantitative estimate of drug-likeness (QED) is 0.488. The Labute approximate surface area is 180 Å². The van der Waals surface area contributed by atoms with Gasteiger partial charge in [0.15, 0.2) is 0 Å². The van der Waals surface area contributed by atoms with Crippen LogP contribution in [0.2, 0.25) is 0 Å². The molecular weight excluding hydrogens is 388 g/mol. The molecule has 0 saturated heterocycles. The number of rotatable bonds is 5. The van der Waals surface area contributed by atoms with Crippen LogP contribution in [0.1, 0.15) is 22.9 Å². The smallest absolute Gasteiger partial charge is 0.313 e. The number of carbonyl (C=O) groups excluding carboxylic acids is 2. The number of hydrogen-bond acceptors (Lipinski definition) is 4. The molecule has 0 aliphatic rings. The molecule has 0 radical (unpaired) electrons. The summed E-state index contributed by atoms with van der Waals surface area (Å²) in [5, 5.41) is 6.39. The molecule has 0 unspecified atom stereocenters. The first-order chi connectivity index (χ1) is 15.1. The topological polar surface area (TPSA) is 84.0 Å². The minimum atomic E-state index is -0.747. The third-order valence-corrected chi connectivity index (χ3v) is 5.00. The molecule has 0 saturated carbocycles. The van der Waals surface area contributed by atoms with Crippen molar-refractivity contribution < 1.29 is 9.59 Å². The van der Waals surface area contributed by atoms with Crippen molar-refractivity contribution in [3.63, 3.8) is 0 Å². The van der Waals surface area contributed by atoms with Crippen LogP contribution in [0.25, 0.3) is 10.9 Å². The molecule has 0 fully saturated rings. The Balaban J connectivity index is 1.52. The summed E-state index contributed by atoms with van der Waals surface area (Å²) in [4.78, 5) is 34.1. The third-order valence-electron chi connectivity index (χ3n) is 5.00. The van der Waals surface area contributed by atoms with Crippen molar-refractivity contribution >= 4 is 28.4 Å². The summed E-state index contributed by atoms with van der Waals surface area (Å²) in [6, 6.07) is 22.3. The van der Waals surface area contributed by atoms with E-state index in [2.05, 4.69) is 20.6 Å². The summed E-state index contributed by atoms with van der Waals surface area (Å²) in [6.07, 6.45) is 3.84. The highest BCUT2D eigenvalue weighted by Crippen LogP contribution is 2.21. The summed E-state index contributed by atoms with van der Waals surface area (Å²) in [5.41, 5.74) is 4.01. The van der Waals surface area contributed by atoms with Crippen LogP contribution in [0.5, 0.6) is 0 Å². The van der Waals surface area contributed by atoms with E-state index in [-0.39, 0.29) is 0 Å². The fourth-order valence-electron chi connectivity index (χ4n) is 3.38. The van der Waals surface area contributed by atoms with E-state index in [0.29, 0.717) is 23.3 Å². The first-order valence-electron chi connectivity index (χ1n) is 10.0. The van der Waals surface area contributed by atoms with Crippen molar-refractivity contribution in [3.8, 4) is 0 Å². The first kappa shape index (κ1) is 20.2. The van der Waals surface area contributed by atoms with E-state index in [1.54, 1.807) is 18.5 Å². The number of pyridine rings is 2. The maximum Gasteiger partial charge on any atom is 0.313 e. The van der Waals surface area contributed by atoms with Gasteiger partial charge in [0, 0.05) is 17.8 Å². The van der Waals surface area contributed by atoms with Gasteiger partial charge in [-0.15, -0.1) is 0 Å². The second kappa shape index (κ2) is 9.17. The van der Waals surface area contributed by atoms with E-state index in [1.807, 2.05) is 73.7 Å². The Bertz CT molecular complexity index is 1200. The molecule has 31 heavy (non-hydrogen) atoms. The lowest BCUT2D eigenvalue weighted by Crippen LogP contribution is -2.39. The number of carbonyl (C=O) groups is 2. The van der Waals surface area contributed by atoms with Crippen LogP contribution in [0.4, 0.5) is 5.69 Å². The van der Waals surface area contributed by atoms with Crippen LogP contribution in [0.15, 0.2) is 85.2 Å². The largest absolute Gasteiger partial charge is 0.339 e. The number of nitrogens with one attached hydrogen (secondary N) is 2. The molecule has 2 heterocycles. The van der Waals surface area contributed by atoms with Crippen molar-refractivity contribution in [1.29, 1.82) is 0 Å². The number of anilines is 1. The molecule has 0 aliphatic carbocycles. The molecule has 0 bridgehead atoms. The Hall–Kier alpha value is -4.06. The van der Waals surface area contributed by atoms with Gasteiger partial charge >= 0.3 is 11.8 Å². The average molecular weight is 410 g/mol. The van der Waals surface area contributed by atoms with Gasteiger partial charge in [0.2, 0.25) is 0 Å². The highest BCUT2D eigenvalue weighted by Gasteiger charge is 2.22. The van der Waals surface area contributed by atoms with Gasteiger partial charge in [-0.3, -0.25) is 19.6 Å². The number of para-hydroxylation sites is 1. The zero-order chi connectivity index (χ0) is 21.6. The first-order valence-corrected chi connectivity index (χ1v) is 10.0. The van der Waals surface area contributed by atoms with E-state index >= 15 is 0 Å². The van der Waals surface area contributed by atoms with E-state index < -0.39 is 17.9 Å². The Morgan fingerprint density at radius 2 is 1.61 bits per heavy atom. The molecule has 0 aliphatic heterocycles. The highest BCUT2D eigenvalue weighted by molar-refractivity contribution is 6.40. The number of aryl methyl sites for hydroxylation is 1. The Morgan fingerprint density at radius 3 is 2.39 bits per heavy atom. The maximum atomic E-state index is 12.7. The van der Waals surface area contributed by atoms with Gasteiger partial charge in [-0.25, -0.2) is 0 Å². The SMILES string of the molecule is Cc1ccc(C[C@@H](NC(=O)C(=O)Nc2cccc3cccnc23)c2ccccn2)cc1. The number of aromatic nitrogens is 2. The number of nitrogens with zero attached hydrogens (tertiary/aromatic N) is 2. The van der Waals surface area contributed by atoms with E-state index in [1.165, 1.54) is 0 Å². The van der Waals surface area contributed by atoms with Crippen molar-refractivity contribution in [2.24, 2.45) is 0 Å².